The molecule has 1 N–H and O–H groups in total. The Labute approximate surface area is 123 Å². The Bertz CT molecular complexity index is 409. The second-order valence-electron chi connectivity index (χ2n) is 3.95. The maximum Gasteiger partial charge on any atom is 0.254 e. The van der Waals surface area contributed by atoms with Crippen molar-refractivity contribution in [1.82, 2.24) is 4.90 Å². The fraction of sp³-hybridized carbons (Fsp3) is 0.417. The predicted molar refractivity (Wildman–Crippen MR) is 80.8 cm³/mol. The van der Waals surface area contributed by atoms with Crippen LogP contribution in [0.4, 0.5) is 0 Å². The van der Waals surface area contributed by atoms with Gasteiger partial charge in [-0.15, -0.1) is 0 Å². The lowest BCUT2D eigenvalue weighted by molar-refractivity contribution is 0.0719. The lowest BCUT2D eigenvalue weighted by Crippen LogP contribution is -2.38. The number of nitrogens with zero attached hydrogens (tertiary/aromatic N) is 1. The van der Waals surface area contributed by atoms with Crippen LogP contribution in [0.1, 0.15) is 24.2 Å². The summed E-state index contributed by atoms with van der Waals surface area (Å²) in [6.45, 7) is 4.61. The summed E-state index contributed by atoms with van der Waals surface area (Å²) in [5.41, 5.74) is 0.526. The monoisotopic (exact) mass is 411 g/mol. The lowest BCUT2D eigenvalue weighted by atomic mass is 10.1. The first-order valence-electron chi connectivity index (χ1n) is 5.32. The van der Waals surface area contributed by atoms with E-state index in [0.29, 0.717) is 12.1 Å². The van der Waals surface area contributed by atoms with Crippen molar-refractivity contribution < 1.29 is 9.90 Å². The van der Waals surface area contributed by atoms with Crippen LogP contribution in [0, 0.1) is 3.57 Å². The number of carbonyl (C=O) groups excluding carboxylic acids is 1. The lowest BCUT2D eigenvalue weighted by Gasteiger charge is -2.26. The first-order chi connectivity index (χ1) is 7.97. The Balaban J connectivity index is 2.97. The van der Waals surface area contributed by atoms with Crippen molar-refractivity contribution in [2.24, 2.45) is 0 Å². The van der Waals surface area contributed by atoms with Crippen molar-refractivity contribution in [2.45, 2.75) is 19.9 Å². The first-order valence-corrected chi connectivity index (χ1v) is 7.52. The Kier molecular flexibility index (Phi) is 5.72. The van der Waals surface area contributed by atoms with Gasteiger partial charge in [-0.3, -0.25) is 4.79 Å². The minimum Gasteiger partial charge on any atom is -0.507 e. The number of carbonyl (C=O) groups is 1. The molecule has 5 heteroatoms. The van der Waals surface area contributed by atoms with Crippen molar-refractivity contribution in [1.29, 1.82) is 0 Å². The van der Waals surface area contributed by atoms with E-state index in [1.165, 1.54) is 6.07 Å². The standard InChI is InChI=1S/C12H15BrINO2/c1-8(2)15(6-5-13)12(17)9-3-4-10(14)11(16)7-9/h3-4,7-8,16H,5-6H2,1-2H3. The molecule has 0 saturated carbocycles. The van der Waals surface area contributed by atoms with Gasteiger partial charge in [-0.1, -0.05) is 15.9 Å². The van der Waals surface area contributed by atoms with Gasteiger partial charge < -0.3 is 10.0 Å². The highest BCUT2D eigenvalue weighted by atomic mass is 127. The molecular formula is C12H15BrINO2. The zero-order chi connectivity index (χ0) is 13.0. The smallest absolute Gasteiger partial charge is 0.254 e. The van der Waals surface area contributed by atoms with Crippen molar-refractivity contribution in [2.75, 3.05) is 11.9 Å². The van der Waals surface area contributed by atoms with Crippen LogP contribution in [-0.2, 0) is 0 Å². The third kappa shape index (κ3) is 3.84. The van der Waals surface area contributed by atoms with Crippen LogP contribution < -0.4 is 0 Å². The maximum absolute atomic E-state index is 12.2. The number of amides is 1. The minimum absolute atomic E-state index is 0.0499. The van der Waals surface area contributed by atoms with E-state index in [1.807, 2.05) is 36.4 Å². The van der Waals surface area contributed by atoms with Gasteiger partial charge in [0.25, 0.3) is 5.91 Å². The molecule has 1 aromatic rings. The number of aromatic hydroxyl groups is 1. The molecule has 0 heterocycles. The van der Waals surface area contributed by atoms with E-state index in [0.717, 1.165) is 8.90 Å². The number of hydrogen-bond acceptors (Lipinski definition) is 2. The third-order valence-electron chi connectivity index (χ3n) is 2.40. The van der Waals surface area contributed by atoms with Crippen molar-refractivity contribution >= 4 is 44.4 Å². The second kappa shape index (κ2) is 6.58. The van der Waals surface area contributed by atoms with Crippen molar-refractivity contribution in [3.63, 3.8) is 0 Å². The van der Waals surface area contributed by atoms with E-state index in [-0.39, 0.29) is 17.7 Å². The number of hydrogen-bond donors (Lipinski definition) is 1. The topological polar surface area (TPSA) is 40.5 Å². The van der Waals surface area contributed by atoms with Crippen LogP contribution in [0.5, 0.6) is 5.75 Å². The van der Waals surface area contributed by atoms with E-state index in [1.54, 1.807) is 17.0 Å². The number of phenols is 1. The Morgan fingerprint density at radius 1 is 1.53 bits per heavy atom. The summed E-state index contributed by atoms with van der Waals surface area (Å²) in [5, 5.41) is 10.4. The largest absolute Gasteiger partial charge is 0.507 e. The van der Waals surface area contributed by atoms with Gasteiger partial charge in [0.2, 0.25) is 0 Å². The van der Waals surface area contributed by atoms with E-state index in [4.69, 9.17) is 0 Å². The number of alkyl halides is 1. The molecule has 0 spiro atoms. The normalized spacial score (nSPS) is 10.6. The molecule has 0 atom stereocenters. The molecule has 3 nitrogen and oxygen atoms in total. The average Bonchev–Trinajstić information content (AvgIpc) is 2.28. The molecule has 94 valence electrons. The highest BCUT2D eigenvalue weighted by Crippen LogP contribution is 2.21. The average molecular weight is 412 g/mol. The first kappa shape index (κ1) is 14.8. The quantitative estimate of drug-likeness (QED) is 0.610. The molecule has 0 fully saturated rings. The summed E-state index contributed by atoms with van der Waals surface area (Å²) in [6, 6.07) is 5.15. The van der Waals surface area contributed by atoms with Crippen molar-refractivity contribution in [3.8, 4) is 5.75 Å². The number of rotatable bonds is 4. The highest BCUT2D eigenvalue weighted by molar-refractivity contribution is 14.1. The number of benzene rings is 1. The maximum atomic E-state index is 12.2. The van der Waals surface area contributed by atoms with Gasteiger partial charge in [0.15, 0.2) is 0 Å². The molecule has 0 saturated heterocycles. The Hall–Kier alpha value is -0.300. The van der Waals surface area contributed by atoms with Crippen LogP contribution in [-0.4, -0.2) is 33.8 Å². The molecule has 0 aromatic heterocycles. The molecule has 1 aromatic carbocycles. The van der Waals surface area contributed by atoms with Gasteiger partial charge in [0.1, 0.15) is 5.75 Å². The van der Waals surface area contributed by atoms with Crippen LogP contribution in [0.15, 0.2) is 18.2 Å². The molecule has 0 unspecified atom stereocenters. The van der Waals surface area contributed by atoms with Gasteiger partial charge in [0.05, 0.1) is 3.57 Å². The fourth-order valence-corrected chi connectivity index (χ4v) is 2.21. The molecule has 1 amide bonds. The zero-order valence-electron chi connectivity index (χ0n) is 9.78. The van der Waals surface area contributed by atoms with Crippen LogP contribution in [0.2, 0.25) is 0 Å². The summed E-state index contributed by atoms with van der Waals surface area (Å²) in [4.78, 5) is 14.0. The minimum atomic E-state index is -0.0499. The summed E-state index contributed by atoms with van der Waals surface area (Å²) in [5.74, 6) is 0.102. The van der Waals surface area contributed by atoms with E-state index in [9.17, 15) is 9.90 Å². The van der Waals surface area contributed by atoms with Gasteiger partial charge in [0, 0.05) is 23.5 Å². The predicted octanol–water partition coefficient (Wildman–Crippen LogP) is 3.24. The van der Waals surface area contributed by atoms with Crippen molar-refractivity contribution in [3.05, 3.63) is 27.3 Å². The van der Waals surface area contributed by atoms with Crippen LogP contribution >= 0.6 is 38.5 Å². The Morgan fingerprint density at radius 2 is 2.18 bits per heavy atom. The third-order valence-corrected chi connectivity index (χ3v) is 3.67. The van der Waals surface area contributed by atoms with Gasteiger partial charge >= 0.3 is 0 Å². The van der Waals surface area contributed by atoms with E-state index >= 15 is 0 Å². The molecule has 17 heavy (non-hydrogen) atoms. The van der Waals surface area contributed by atoms with Gasteiger partial charge in [-0.2, -0.15) is 0 Å². The molecule has 0 aliphatic carbocycles. The fourth-order valence-electron chi connectivity index (χ4n) is 1.50. The van der Waals surface area contributed by atoms with E-state index < -0.39 is 0 Å². The van der Waals surface area contributed by atoms with Gasteiger partial charge in [-0.05, 0) is 54.6 Å². The van der Waals surface area contributed by atoms with Gasteiger partial charge in [-0.25, -0.2) is 0 Å². The number of phenolic OH excluding ortho intramolecular Hbond substituents is 1. The SMILES string of the molecule is CC(C)N(CCBr)C(=O)c1ccc(I)c(O)c1. The Morgan fingerprint density at radius 3 is 2.65 bits per heavy atom. The summed E-state index contributed by atoms with van der Waals surface area (Å²) < 4.78 is 0.746. The molecular weight excluding hydrogens is 397 g/mol. The summed E-state index contributed by atoms with van der Waals surface area (Å²) >= 11 is 5.37. The van der Waals surface area contributed by atoms with E-state index in [2.05, 4.69) is 15.9 Å². The zero-order valence-corrected chi connectivity index (χ0v) is 13.5. The molecule has 0 aliphatic rings. The molecule has 1 rings (SSSR count). The summed E-state index contributed by atoms with van der Waals surface area (Å²) in [7, 11) is 0. The highest BCUT2D eigenvalue weighted by Gasteiger charge is 2.18. The van der Waals surface area contributed by atoms with Crippen LogP contribution in [0.3, 0.4) is 0 Å². The molecule has 0 aliphatic heterocycles. The number of halogens is 2. The summed E-state index contributed by atoms with van der Waals surface area (Å²) in [6.07, 6.45) is 0. The second-order valence-corrected chi connectivity index (χ2v) is 5.90. The molecule has 0 bridgehead atoms. The van der Waals surface area contributed by atoms with Crippen LogP contribution in [0.25, 0.3) is 0 Å². The molecule has 0 radical (unpaired) electrons.